The van der Waals surface area contributed by atoms with Crippen molar-refractivity contribution in [1.29, 1.82) is 0 Å². The van der Waals surface area contributed by atoms with Gasteiger partial charge < -0.3 is 0 Å². The van der Waals surface area contributed by atoms with E-state index in [1.807, 2.05) is 0 Å². The van der Waals surface area contributed by atoms with Crippen LogP contribution >= 0.6 is 0 Å². The molecule has 3 N–H and O–H groups in total. The van der Waals surface area contributed by atoms with Crippen molar-refractivity contribution in [1.82, 2.24) is 0 Å². The van der Waals surface area contributed by atoms with Crippen LogP contribution in [0.2, 0.25) is 0 Å². The predicted octanol–water partition coefficient (Wildman–Crippen LogP) is -2.55. The van der Waals surface area contributed by atoms with Gasteiger partial charge in [0.15, 0.2) is 0 Å². The Labute approximate surface area is 54.5 Å². The fourth-order valence-corrected chi connectivity index (χ4v) is 0. The molecule has 0 aliphatic rings. The van der Waals surface area contributed by atoms with Crippen molar-refractivity contribution in [3.8, 4) is 0 Å². The molecule has 0 aromatic rings. The first-order valence-corrected chi connectivity index (χ1v) is 4.07. The molecule has 0 rings (SSSR count). The van der Waals surface area contributed by atoms with Gasteiger partial charge in [-0.15, -0.1) is 0 Å². The second-order valence-electron chi connectivity index (χ2n) is 0.513. The van der Waals surface area contributed by atoms with Gasteiger partial charge >= 0.3 is 30.5 Å². The molecule has 0 unspecified atom stereocenters. The van der Waals surface area contributed by atoms with E-state index < -0.39 is 14.5 Å². The van der Waals surface area contributed by atoms with Gasteiger partial charge in [0.1, 0.15) is 0 Å². The Morgan fingerprint density at radius 2 is 1.17 bits per heavy atom. The van der Waals surface area contributed by atoms with Crippen LogP contribution in [0.4, 0.5) is 0 Å². The molecule has 4 radical (unpaired) electrons. The maximum absolute atomic E-state index is 8.94. The fraction of sp³-hybridized carbons (Fsp3) is 0. The SMILES string of the molecule is O=[As](O)(O)O.[Sn]. The monoisotopic (exact) mass is 262 g/mol. The molecule has 0 heterocycles. The molecule has 6 heteroatoms. The summed E-state index contributed by atoms with van der Waals surface area (Å²) >= 11 is -5.12. The standard InChI is InChI=1S/AsH3O4.Sn/c2-1(3,4)5;/h(H3,2,3,4,5);. The summed E-state index contributed by atoms with van der Waals surface area (Å²) in [5.41, 5.74) is 0. The summed E-state index contributed by atoms with van der Waals surface area (Å²) < 4.78 is 30.7. The summed E-state index contributed by atoms with van der Waals surface area (Å²) in [6.45, 7) is 0. The average molecular weight is 261 g/mol. The van der Waals surface area contributed by atoms with E-state index in [-0.39, 0.29) is 23.9 Å². The molecule has 0 saturated heterocycles. The molecule has 36 valence electrons. The topological polar surface area (TPSA) is 77.8 Å². The summed E-state index contributed by atoms with van der Waals surface area (Å²) in [5, 5.41) is 0. The Morgan fingerprint density at radius 3 is 1.17 bits per heavy atom. The number of hydrogen-bond acceptors (Lipinski definition) is 1. The van der Waals surface area contributed by atoms with Gasteiger partial charge in [-0.3, -0.25) is 0 Å². The summed E-state index contributed by atoms with van der Waals surface area (Å²) in [4.78, 5) is 0. The van der Waals surface area contributed by atoms with Gasteiger partial charge in [0, 0.05) is 23.9 Å². The van der Waals surface area contributed by atoms with Crippen LogP contribution in [0.3, 0.4) is 0 Å². The molecule has 0 aliphatic heterocycles. The van der Waals surface area contributed by atoms with Crippen molar-refractivity contribution in [2.45, 2.75) is 0 Å². The molecular formula is H3AsO4Sn. The second kappa shape index (κ2) is 3.09. The molecule has 0 spiro atoms. The summed E-state index contributed by atoms with van der Waals surface area (Å²) in [6, 6.07) is 0. The molecule has 0 aromatic heterocycles. The van der Waals surface area contributed by atoms with Crippen molar-refractivity contribution < 1.29 is 16.0 Å². The van der Waals surface area contributed by atoms with E-state index in [0.29, 0.717) is 0 Å². The minimum Gasteiger partial charge on any atom is 0 e. The summed E-state index contributed by atoms with van der Waals surface area (Å²) in [7, 11) is 0. The Balaban J connectivity index is 0. The van der Waals surface area contributed by atoms with Gasteiger partial charge in [-0.1, -0.05) is 0 Å². The van der Waals surface area contributed by atoms with Gasteiger partial charge in [0.25, 0.3) is 0 Å². The van der Waals surface area contributed by atoms with E-state index >= 15 is 0 Å². The number of hydrogen-bond donors (Lipinski definition) is 3. The van der Waals surface area contributed by atoms with Gasteiger partial charge in [0.2, 0.25) is 0 Å². The quantitative estimate of drug-likeness (QED) is 0.419. The van der Waals surface area contributed by atoms with Crippen molar-refractivity contribution >= 4 is 38.4 Å². The smallest absolute Gasteiger partial charge is 0 e. The second-order valence-corrected chi connectivity index (χ2v) is 2.67. The number of rotatable bonds is 0. The van der Waals surface area contributed by atoms with E-state index in [0.717, 1.165) is 0 Å². The van der Waals surface area contributed by atoms with Gasteiger partial charge in [-0.2, -0.15) is 0 Å². The molecule has 0 bridgehead atoms. The molecule has 0 amide bonds. The predicted molar refractivity (Wildman–Crippen MR) is 18.9 cm³/mol. The maximum Gasteiger partial charge on any atom is 0 e. The van der Waals surface area contributed by atoms with Crippen molar-refractivity contribution in [3.05, 3.63) is 0 Å². The first-order valence-electron chi connectivity index (χ1n) is 0.783. The van der Waals surface area contributed by atoms with E-state index in [4.69, 9.17) is 16.0 Å². The van der Waals surface area contributed by atoms with Crippen LogP contribution in [0.5, 0.6) is 0 Å². The molecule has 0 aliphatic carbocycles. The first kappa shape index (κ1) is 10.1. The normalized spacial score (nSPS) is 9.83. The first-order chi connectivity index (χ1) is 2.00. The molecule has 0 saturated carbocycles. The van der Waals surface area contributed by atoms with Crippen LogP contribution in [0.25, 0.3) is 0 Å². The zero-order valence-corrected chi connectivity index (χ0v) is 7.43. The molecular weight excluding hydrogens is 258 g/mol. The van der Waals surface area contributed by atoms with Crippen molar-refractivity contribution in [2.75, 3.05) is 0 Å². The van der Waals surface area contributed by atoms with Crippen LogP contribution in [0.15, 0.2) is 0 Å². The van der Waals surface area contributed by atoms with E-state index in [9.17, 15) is 0 Å². The summed E-state index contributed by atoms with van der Waals surface area (Å²) in [6.07, 6.45) is 0. The van der Waals surface area contributed by atoms with Crippen LogP contribution in [0.1, 0.15) is 0 Å². The van der Waals surface area contributed by atoms with Crippen molar-refractivity contribution in [3.63, 3.8) is 0 Å². The Kier molecular flexibility index (Phi) is 5.21. The van der Waals surface area contributed by atoms with Gasteiger partial charge in [0.05, 0.1) is 0 Å². The van der Waals surface area contributed by atoms with Gasteiger partial charge in [-0.05, 0) is 0 Å². The third-order valence-corrected chi connectivity index (χ3v) is 0. The third kappa shape index (κ3) is 76.3. The van der Waals surface area contributed by atoms with Crippen LogP contribution < -0.4 is 0 Å². The van der Waals surface area contributed by atoms with Crippen LogP contribution in [-0.2, 0) is 3.74 Å². The minimum atomic E-state index is -5.12. The molecule has 0 aromatic carbocycles. The average Bonchev–Trinajstić information content (AvgIpc) is 0.722. The third-order valence-electron chi connectivity index (χ3n) is 0. The Morgan fingerprint density at radius 1 is 1.17 bits per heavy atom. The largest absolute Gasteiger partial charge is 0 e. The van der Waals surface area contributed by atoms with Crippen molar-refractivity contribution in [2.24, 2.45) is 0 Å². The van der Waals surface area contributed by atoms with Crippen LogP contribution in [0, 0.1) is 0 Å². The molecule has 4 nitrogen and oxygen atoms in total. The van der Waals surface area contributed by atoms with E-state index in [2.05, 4.69) is 0 Å². The zero-order chi connectivity index (χ0) is 4.50. The fourth-order valence-electron chi connectivity index (χ4n) is 0. The maximum atomic E-state index is 8.94. The molecule has 0 fully saturated rings. The Bertz CT molecular complexity index is 53.7. The molecule has 6 heavy (non-hydrogen) atoms. The van der Waals surface area contributed by atoms with Gasteiger partial charge in [-0.25, -0.2) is 0 Å². The van der Waals surface area contributed by atoms with E-state index in [1.54, 1.807) is 0 Å². The molecule has 0 atom stereocenters. The minimum absolute atomic E-state index is 0. The zero-order valence-electron chi connectivity index (χ0n) is 2.70. The summed E-state index contributed by atoms with van der Waals surface area (Å²) in [5.74, 6) is 0. The van der Waals surface area contributed by atoms with Crippen LogP contribution in [-0.4, -0.2) is 50.7 Å². The van der Waals surface area contributed by atoms with E-state index in [1.165, 1.54) is 0 Å². The Hall–Kier alpha value is 1.04.